The lowest BCUT2D eigenvalue weighted by Gasteiger charge is -2.16. The zero-order valence-electron chi connectivity index (χ0n) is 14.3. The smallest absolute Gasteiger partial charge is 0.338 e. The molecule has 1 amide bonds. The van der Waals surface area contributed by atoms with E-state index in [9.17, 15) is 18.0 Å². The largest absolute Gasteiger partial charge is 0.452 e. The van der Waals surface area contributed by atoms with E-state index < -0.39 is 28.5 Å². The lowest BCUT2D eigenvalue weighted by Crippen LogP contribution is -2.27. The number of amides is 1. The van der Waals surface area contributed by atoms with Crippen molar-refractivity contribution in [2.24, 2.45) is 0 Å². The highest BCUT2D eigenvalue weighted by Gasteiger charge is 2.27. The zero-order chi connectivity index (χ0) is 19.6. The van der Waals surface area contributed by atoms with Gasteiger partial charge in [-0.3, -0.25) is 9.10 Å². The van der Waals surface area contributed by atoms with Gasteiger partial charge >= 0.3 is 5.97 Å². The van der Waals surface area contributed by atoms with Gasteiger partial charge in [-0.15, -0.1) is 0 Å². The number of hydrogen-bond acceptors (Lipinski definition) is 6. The van der Waals surface area contributed by atoms with Crippen LogP contribution in [-0.4, -0.2) is 44.7 Å². The normalized spacial score (nSPS) is 13.2. The number of sulfonamides is 1. The van der Waals surface area contributed by atoms with Crippen LogP contribution in [0.3, 0.4) is 0 Å². The standard InChI is InChI=1S/C17H16ClN3O5S/c1-27(24,25)21-7-6-11-8-12(2-4-14(11)21)17(23)26-10-16(22)20-15-5-3-13(18)9-19-15/h2-5,8-9H,6-7,10H2,1H3,(H,19,20,22). The van der Waals surface area contributed by atoms with E-state index in [-0.39, 0.29) is 5.56 Å². The second-order valence-corrected chi connectivity index (χ2v) is 8.26. The second kappa shape index (κ2) is 7.53. The number of pyridine rings is 1. The third kappa shape index (κ3) is 4.55. The number of aromatic nitrogens is 1. The second-order valence-electron chi connectivity index (χ2n) is 5.91. The lowest BCUT2D eigenvalue weighted by molar-refractivity contribution is -0.119. The van der Waals surface area contributed by atoms with Crippen LogP contribution in [0.5, 0.6) is 0 Å². The molecule has 0 radical (unpaired) electrons. The van der Waals surface area contributed by atoms with Crippen LogP contribution >= 0.6 is 11.6 Å². The number of anilines is 2. The van der Waals surface area contributed by atoms with Crippen LogP contribution in [0.15, 0.2) is 36.5 Å². The van der Waals surface area contributed by atoms with E-state index in [2.05, 4.69) is 10.3 Å². The van der Waals surface area contributed by atoms with E-state index in [1.807, 2.05) is 0 Å². The summed E-state index contributed by atoms with van der Waals surface area (Å²) in [4.78, 5) is 27.9. The monoisotopic (exact) mass is 409 g/mol. The average Bonchev–Trinajstić information content (AvgIpc) is 3.05. The van der Waals surface area contributed by atoms with E-state index in [0.717, 1.165) is 11.8 Å². The Morgan fingerprint density at radius 3 is 2.74 bits per heavy atom. The lowest BCUT2D eigenvalue weighted by atomic mass is 10.1. The minimum Gasteiger partial charge on any atom is -0.452 e. The molecule has 0 saturated carbocycles. The number of nitrogens with one attached hydrogen (secondary N) is 1. The first-order valence-electron chi connectivity index (χ1n) is 7.93. The van der Waals surface area contributed by atoms with Crippen molar-refractivity contribution >= 4 is 45.0 Å². The molecule has 2 heterocycles. The summed E-state index contributed by atoms with van der Waals surface area (Å²) < 4.78 is 29.8. The fourth-order valence-corrected chi connectivity index (χ4v) is 3.76. The molecular formula is C17H16ClN3O5S. The third-order valence-electron chi connectivity index (χ3n) is 3.90. The van der Waals surface area contributed by atoms with Crippen LogP contribution < -0.4 is 9.62 Å². The number of fused-ring (bicyclic) bond motifs is 1. The van der Waals surface area contributed by atoms with Crippen LogP contribution in [0.4, 0.5) is 11.5 Å². The maximum atomic E-state index is 12.2. The summed E-state index contributed by atoms with van der Waals surface area (Å²) in [6, 6.07) is 7.72. The molecule has 142 valence electrons. The van der Waals surface area contributed by atoms with E-state index >= 15 is 0 Å². The van der Waals surface area contributed by atoms with Gasteiger partial charge in [-0.05, 0) is 42.3 Å². The van der Waals surface area contributed by atoms with Gasteiger partial charge in [0.1, 0.15) is 5.82 Å². The van der Waals surface area contributed by atoms with Gasteiger partial charge in [0.25, 0.3) is 5.91 Å². The quantitative estimate of drug-likeness (QED) is 0.755. The summed E-state index contributed by atoms with van der Waals surface area (Å²) >= 11 is 5.71. The number of esters is 1. The van der Waals surface area contributed by atoms with Crippen molar-refractivity contribution < 1.29 is 22.7 Å². The summed E-state index contributed by atoms with van der Waals surface area (Å²) in [5.41, 5.74) is 1.55. The number of nitrogens with zero attached hydrogens (tertiary/aromatic N) is 2. The molecule has 0 fully saturated rings. The molecule has 3 rings (SSSR count). The van der Waals surface area contributed by atoms with Gasteiger partial charge in [0.05, 0.1) is 22.5 Å². The Balaban J connectivity index is 1.60. The maximum absolute atomic E-state index is 12.2. The Labute approximate surface area is 161 Å². The molecule has 0 atom stereocenters. The molecule has 0 unspecified atom stereocenters. The molecule has 10 heteroatoms. The summed E-state index contributed by atoms with van der Waals surface area (Å²) in [6.07, 6.45) is 3.03. The molecule has 8 nitrogen and oxygen atoms in total. The molecule has 1 aromatic carbocycles. The van der Waals surface area contributed by atoms with Gasteiger partial charge in [-0.1, -0.05) is 11.6 Å². The molecule has 27 heavy (non-hydrogen) atoms. The number of rotatable bonds is 5. The molecule has 1 aromatic heterocycles. The van der Waals surface area contributed by atoms with Crippen molar-refractivity contribution in [1.29, 1.82) is 0 Å². The van der Waals surface area contributed by atoms with Gasteiger partial charge in [0, 0.05) is 12.7 Å². The predicted octanol–water partition coefficient (Wildman–Crippen LogP) is 1.85. The molecule has 0 bridgehead atoms. The summed E-state index contributed by atoms with van der Waals surface area (Å²) in [5, 5.41) is 2.92. The first-order chi connectivity index (χ1) is 12.7. The fourth-order valence-electron chi connectivity index (χ4n) is 2.69. The predicted molar refractivity (Wildman–Crippen MR) is 100 cm³/mol. The Bertz CT molecular complexity index is 992. The SMILES string of the molecule is CS(=O)(=O)N1CCc2cc(C(=O)OCC(=O)Nc3ccc(Cl)cn3)ccc21. The van der Waals surface area contributed by atoms with Crippen molar-refractivity contribution in [1.82, 2.24) is 4.98 Å². The highest BCUT2D eigenvalue weighted by molar-refractivity contribution is 7.92. The van der Waals surface area contributed by atoms with E-state index in [1.165, 1.54) is 22.6 Å². The van der Waals surface area contributed by atoms with Gasteiger partial charge in [0.15, 0.2) is 6.61 Å². The van der Waals surface area contributed by atoms with E-state index in [0.29, 0.717) is 29.5 Å². The number of carbonyl (C=O) groups is 2. The minimum absolute atomic E-state index is 0.251. The summed E-state index contributed by atoms with van der Waals surface area (Å²) in [5.74, 6) is -0.920. The Morgan fingerprint density at radius 2 is 2.07 bits per heavy atom. The van der Waals surface area contributed by atoms with Gasteiger partial charge < -0.3 is 10.1 Å². The highest BCUT2D eigenvalue weighted by Crippen LogP contribution is 2.30. The highest BCUT2D eigenvalue weighted by atomic mass is 35.5. The Hall–Kier alpha value is -2.65. The molecule has 1 aliphatic rings. The van der Waals surface area contributed by atoms with Crippen LogP contribution in [-0.2, 0) is 26.0 Å². The molecule has 1 N–H and O–H groups in total. The number of hydrogen-bond donors (Lipinski definition) is 1. The minimum atomic E-state index is -3.35. The van der Waals surface area contributed by atoms with E-state index in [4.69, 9.17) is 16.3 Å². The molecule has 2 aromatic rings. The van der Waals surface area contributed by atoms with Crippen molar-refractivity contribution in [3.63, 3.8) is 0 Å². The van der Waals surface area contributed by atoms with E-state index in [1.54, 1.807) is 18.2 Å². The first kappa shape index (κ1) is 19.1. The molecule has 1 aliphatic heterocycles. The average molecular weight is 410 g/mol. The fraction of sp³-hybridized carbons (Fsp3) is 0.235. The van der Waals surface area contributed by atoms with Crippen molar-refractivity contribution in [2.45, 2.75) is 6.42 Å². The van der Waals surface area contributed by atoms with Crippen LogP contribution in [0.2, 0.25) is 5.02 Å². The molecular weight excluding hydrogens is 394 g/mol. The maximum Gasteiger partial charge on any atom is 0.338 e. The number of benzene rings is 1. The first-order valence-corrected chi connectivity index (χ1v) is 10.2. The third-order valence-corrected chi connectivity index (χ3v) is 5.30. The topological polar surface area (TPSA) is 106 Å². The van der Waals surface area contributed by atoms with Gasteiger partial charge in [0.2, 0.25) is 10.0 Å². The van der Waals surface area contributed by atoms with Crippen LogP contribution in [0.1, 0.15) is 15.9 Å². The number of ether oxygens (including phenoxy) is 1. The number of halogens is 1. The zero-order valence-corrected chi connectivity index (χ0v) is 15.9. The van der Waals surface area contributed by atoms with Crippen molar-refractivity contribution in [3.8, 4) is 0 Å². The number of carbonyl (C=O) groups excluding carboxylic acids is 2. The Kier molecular flexibility index (Phi) is 5.33. The Morgan fingerprint density at radius 1 is 1.30 bits per heavy atom. The molecule has 0 spiro atoms. The van der Waals surface area contributed by atoms with Crippen LogP contribution in [0, 0.1) is 0 Å². The summed E-state index contributed by atoms with van der Waals surface area (Å²) in [6.45, 7) is -0.140. The molecule has 0 aliphatic carbocycles. The van der Waals surface area contributed by atoms with Gasteiger partial charge in [-0.2, -0.15) is 0 Å². The van der Waals surface area contributed by atoms with Crippen molar-refractivity contribution in [2.75, 3.05) is 29.0 Å². The van der Waals surface area contributed by atoms with Crippen LogP contribution in [0.25, 0.3) is 0 Å². The van der Waals surface area contributed by atoms with Gasteiger partial charge in [-0.25, -0.2) is 18.2 Å². The molecule has 0 saturated heterocycles. The summed E-state index contributed by atoms with van der Waals surface area (Å²) in [7, 11) is -3.35. The van der Waals surface area contributed by atoms with Crippen molar-refractivity contribution in [3.05, 3.63) is 52.7 Å².